The first-order valence-electron chi connectivity index (χ1n) is 6.31. The van der Waals surface area contributed by atoms with Crippen LogP contribution in [0.25, 0.3) is 0 Å². The molecule has 5 heteroatoms. The van der Waals surface area contributed by atoms with Crippen molar-refractivity contribution in [1.82, 2.24) is 0 Å². The average molecular weight is 272 g/mol. The first-order valence-corrected chi connectivity index (χ1v) is 6.31. The highest BCUT2D eigenvalue weighted by atomic mass is 19.2. The SMILES string of the molecule is CCCC(O)CCC(OC=O)c1cccc(F)c1F. The molecule has 2 unspecified atom stereocenters. The third kappa shape index (κ3) is 4.59. The summed E-state index contributed by atoms with van der Waals surface area (Å²) in [5.41, 5.74) is -0.00389. The molecule has 0 saturated heterocycles. The van der Waals surface area contributed by atoms with Crippen LogP contribution in [0, 0.1) is 11.6 Å². The van der Waals surface area contributed by atoms with Gasteiger partial charge in [-0.2, -0.15) is 0 Å². The first kappa shape index (κ1) is 15.6. The van der Waals surface area contributed by atoms with Crippen LogP contribution in [0.4, 0.5) is 8.78 Å². The fourth-order valence-corrected chi connectivity index (χ4v) is 1.95. The van der Waals surface area contributed by atoms with Crippen LogP contribution in [0.2, 0.25) is 0 Å². The smallest absolute Gasteiger partial charge is 0.293 e. The van der Waals surface area contributed by atoms with Crippen LogP contribution in [0.3, 0.4) is 0 Å². The van der Waals surface area contributed by atoms with E-state index in [1.807, 2.05) is 6.92 Å². The number of carbonyl (C=O) groups is 1. The zero-order valence-corrected chi connectivity index (χ0v) is 10.8. The molecule has 0 aromatic heterocycles. The predicted octanol–water partition coefficient (Wildman–Crippen LogP) is 3.12. The second-order valence-electron chi connectivity index (χ2n) is 4.38. The highest BCUT2D eigenvalue weighted by Gasteiger charge is 2.20. The molecule has 0 aliphatic heterocycles. The summed E-state index contributed by atoms with van der Waals surface area (Å²) in [7, 11) is 0. The molecule has 0 aliphatic carbocycles. The summed E-state index contributed by atoms with van der Waals surface area (Å²) >= 11 is 0. The van der Waals surface area contributed by atoms with Gasteiger partial charge < -0.3 is 9.84 Å². The highest BCUT2D eigenvalue weighted by molar-refractivity contribution is 5.38. The number of rotatable bonds is 8. The number of carbonyl (C=O) groups excluding carboxylic acids is 1. The zero-order chi connectivity index (χ0) is 14.3. The number of hydrogen-bond acceptors (Lipinski definition) is 3. The summed E-state index contributed by atoms with van der Waals surface area (Å²) in [4.78, 5) is 10.5. The third-order valence-electron chi connectivity index (χ3n) is 2.93. The Morgan fingerprint density at radius 3 is 2.68 bits per heavy atom. The van der Waals surface area contributed by atoms with Crippen molar-refractivity contribution in [1.29, 1.82) is 0 Å². The minimum absolute atomic E-state index is 0.00389. The monoisotopic (exact) mass is 272 g/mol. The lowest BCUT2D eigenvalue weighted by molar-refractivity contribution is -0.134. The van der Waals surface area contributed by atoms with Crippen molar-refractivity contribution < 1.29 is 23.4 Å². The van der Waals surface area contributed by atoms with Gasteiger partial charge in [-0.1, -0.05) is 25.5 Å². The topological polar surface area (TPSA) is 46.5 Å². The fraction of sp³-hybridized carbons (Fsp3) is 0.500. The van der Waals surface area contributed by atoms with E-state index in [-0.39, 0.29) is 18.5 Å². The van der Waals surface area contributed by atoms with Crippen molar-refractivity contribution in [2.75, 3.05) is 0 Å². The maximum absolute atomic E-state index is 13.6. The molecule has 0 amide bonds. The van der Waals surface area contributed by atoms with Crippen LogP contribution in [0.5, 0.6) is 0 Å². The van der Waals surface area contributed by atoms with E-state index in [4.69, 9.17) is 4.74 Å². The molecule has 0 aliphatic rings. The standard InChI is InChI=1S/C14H18F2O3/c1-2-4-10(18)7-8-13(19-9-17)11-5-3-6-12(15)14(11)16/h3,5-6,9-10,13,18H,2,4,7-8H2,1H3. The Kier molecular flexibility index (Phi) is 6.42. The Balaban J connectivity index is 2.76. The summed E-state index contributed by atoms with van der Waals surface area (Å²) in [5, 5.41) is 9.63. The molecule has 1 aromatic rings. The second-order valence-corrected chi connectivity index (χ2v) is 4.38. The molecule has 19 heavy (non-hydrogen) atoms. The third-order valence-corrected chi connectivity index (χ3v) is 2.93. The molecule has 1 aromatic carbocycles. The lowest BCUT2D eigenvalue weighted by Crippen LogP contribution is -2.12. The molecule has 3 nitrogen and oxygen atoms in total. The average Bonchev–Trinajstić information content (AvgIpc) is 2.38. The van der Waals surface area contributed by atoms with E-state index in [0.717, 1.165) is 12.5 Å². The molecule has 1 N–H and O–H groups in total. The van der Waals surface area contributed by atoms with Crippen LogP contribution >= 0.6 is 0 Å². The molecular weight excluding hydrogens is 254 g/mol. The van der Waals surface area contributed by atoms with Crippen LogP contribution in [0.1, 0.15) is 44.3 Å². The van der Waals surface area contributed by atoms with Gasteiger partial charge in [0, 0.05) is 5.56 Å². The Hall–Kier alpha value is -1.49. The molecule has 0 spiro atoms. The van der Waals surface area contributed by atoms with E-state index in [9.17, 15) is 18.7 Å². The summed E-state index contributed by atoms with van der Waals surface area (Å²) < 4.78 is 31.5. The molecule has 0 fully saturated rings. The van der Waals surface area contributed by atoms with E-state index >= 15 is 0 Å². The van der Waals surface area contributed by atoms with Crippen molar-refractivity contribution in [2.45, 2.75) is 44.8 Å². The van der Waals surface area contributed by atoms with E-state index in [1.54, 1.807) is 0 Å². The summed E-state index contributed by atoms with van der Waals surface area (Å²) in [6, 6.07) is 3.74. The number of hydrogen-bond donors (Lipinski definition) is 1. The predicted molar refractivity (Wildman–Crippen MR) is 66.4 cm³/mol. The highest BCUT2D eigenvalue weighted by Crippen LogP contribution is 2.27. The Morgan fingerprint density at radius 2 is 2.05 bits per heavy atom. The molecule has 0 saturated carbocycles. The van der Waals surface area contributed by atoms with Gasteiger partial charge in [-0.15, -0.1) is 0 Å². The minimum atomic E-state index is -1.01. The molecule has 2 atom stereocenters. The quantitative estimate of drug-likeness (QED) is 0.740. The van der Waals surface area contributed by atoms with Gasteiger partial charge in [-0.25, -0.2) is 8.78 Å². The largest absolute Gasteiger partial charge is 0.460 e. The molecule has 1 rings (SSSR count). The molecular formula is C14H18F2O3. The van der Waals surface area contributed by atoms with Gasteiger partial charge in [-0.05, 0) is 25.3 Å². The Morgan fingerprint density at radius 1 is 1.32 bits per heavy atom. The van der Waals surface area contributed by atoms with Gasteiger partial charge in [0.05, 0.1) is 6.10 Å². The molecule has 106 valence electrons. The van der Waals surface area contributed by atoms with Gasteiger partial charge in [0.15, 0.2) is 11.6 Å². The van der Waals surface area contributed by atoms with E-state index in [2.05, 4.69) is 0 Å². The summed E-state index contributed by atoms with van der Waals surface area (Å²) in [6.45, 7) is 2.15. The maximum Gasteiger partial charge on any atom is 0.293 e. The normalized spacial score (nSPS) is 13.9. The second kappa shape index (κ2) is 7.84. The van der Waals surface area contributed by atoms with Crippen molar-refractivity contribution in [3.63, 3.8) is 0 Å². The first-order chi connectivity index (χ1) is 9.10. The van der Waals surface area contributed by atoms with Gasteiger partial charge >= 0.3 is 0 Å². The van der Waals surface area contributed by atoms with Crippen molar-refractivity contribution in [2.24, 2.45) is 0 Å². The molecule has 0 bridgehead atoms. The molecule has 0 radical (unpaired) electrons. The number of halogens is 2. The van der Waals surface area contributed by atoms with Crippen LogP contribution < -0.4 is 0 Å². The van der Waals surface area contributed by atoms with Crippen LogP contribution in [-0.4, -0.2) is 17.7 Å². The number of ether oxygens (including phenoxy) is 1. The fourth-order valence-electron chi connectivity index (χ4n) is 1.95. The number of aliphatic hydroxyl groups excluding tert-OH is 1. The lowest BCUT2D eigenvalue weighted by atomic mass is 10.0. The van der Waals surface area contributed by atoms with E-state index < -0.39 is 23.8 Å². The lowest BCUT2D eigenvalue weighted by Gasteiger charge is -2.18. The van der Waals surface area contributed by atoms with Crippen LogP contribution in [-0.2, 0) is 9.53 Å². The maximum atomic E-state index is 13.6. The van der Waals surface area contributed by atoms with Crippen molar-refractivity contribution >= 4 is 6.47 Å². The summed E-state index contributed by atoms with van der Waals surface area (Å²) in [5.74, 6) is -1.99. The van der Waals surface area contributed by atoms with Crippen molar-refractivity contribution in [3.8, 4) is 0 Å². The number of benzene rings is 1. The van der Waals surface area contributed by atoms with Gasteiger partial charge in [-0.3, -0.25) is 4.79 Å². The van der Waals surface area contributed by atoms with Gasteiger partial charge in [0.25, 0.3) is 6.47 Å². The molecule has 0 heterocycles. The van der Waals surface area contributed by atoms with E-state index in [1.165, 1.54) is 12.1 Å². The minimum Gasteiger partial charge on any atom is -0.460 e. The number of aliphatic hydroxyl groups is 1. The van der Waals surface area contributed by atoms with Crippen molar-refractivity contribution in [3.05, 3.63) is 35.4 Å². The Bertz CT molecular complexity index is 410. The van der Waals surface area contributed by atoms with E-state index in [0.29, 0.717) is 12.8 Å². The summed E-state index contributed by atoms with van der Waals surface area (Å²) in [6.07, 6.45) is 0.663. The zero-order valence-electron chi connectivity index (χ0n) is 10.8. The Labute approximate surface area is 111 Å². The van der Waals surface area contributed by atoms with Gasteiger partial charge in [0.1, 0.15) is 6.10 Å². The van der Waals surface area contributed by atoms with Gasteiger partial charge in [0.2, 0.25) is 0 Å². The van der Waals surface area contributed by atoms with Crippen LogP contribution in [0.15, 0.2) is 18.2 Å².